The van der Waals surface area contributed by atoms with Crippen LogP contribution in [0.2, 0.25) is 0 Å². The Labute approximate surface area is 123 Å². The predicted octanol–water partition coefficient (Wildman–Crippen LogP) is 3.77. The van der Waals surface area contributed by atoms with Crippen LogP contribution in [0.3, 0.4) is 0 Å². The Morgan fingerprint density at radius 1 is 1.09 bits per heavy atom. The maximum absolute atomic E-state index is 12.4. The van der Waals surface area contributed by atoms with Crippen LogP contribution in [0.15, 0.2) is 57.9 Å². The van der Waals surface area contributed by atoms with Crippen molar-refractivity contribution in [2.24, 2.45) is 0 Å². The molecule has 22 heavy (non-hydrogen) atoms. The molecule has 0 atom stereocenters. The summed E-state index contributed by atoms with van der Waals surface area (Å²) in [5, 5.41) is 9.53. The van der Waals surface area contributed by atoms with Gasteiger partial charge in [-0.1, -0.05) is 12.1 Å². The van der Waals surface area contributed by atoms with Crippen LogP contribution < -0.4 is 10.2 Å². The third-order valence-electron chi connectivity index (χ3n) is 3.15. The molecule has 0 amide bonds. The summed E-state index contributed by atoms with van der Waals surface area (Å²) in [5.41, 5.74) is 0.762. The average molecular weight is 304 g/mol. The second-order valence-electron chi connectivity index (χ2n) is 4.56. The van der Waals surface area contributed by atoms with Crippen molar-refractivity contribution in [2.45, 2.75) is 6.61 Å². The van der Waals surface area contributed by atoms with Crippen LogP contribution in [-0.4, -0.2) is 11.7 Å². The van der Waals surface area contributed by atoms with E-state index < -0.39 is 6.61 Å². The Hall–Kier alpha value is -2.89. The Balaban J connectivity index is 2.10. The minimum Gasteiger partial charge on any atom is -0.508 e. The van der Waals surface area contributed by atoms with E-state index in [0.29, 0.717) is 11.1 Å². The fourth-order valence-electron chi connectivity index (χ4n) is 2.13. The number of halogens is 2. The van der Waals surface area contributed by atoms with E-state index in [9.17, 15) is 18.7 Å². The number of aromatic hydroxyl groups is 1. The molecule has 0 saturated carbocycles. The van der Waals surface area contributed by atoms with Crippen molar-refractivity contribution in [2.75, 3.05) is 0 Å². The summed E-state index contributed by atoms with van der Waals surface area (Å²) in [6.07, 6.45) is 1.25. The number of ether oxygens (including phenoxy) is 1. The topological polar surface area (TPSA) is 59.7 Å². The van der Waals surface area contributed by atoms with Gasteiger partial charge in [0, 0.05) is 6.07 Å². The smallest absolute Gasteiger partial charge is 0.387 e. The highest BCUT2D eigenvalue weighted by Gasteiger charge is 2.11. The Morgan fingerprint density at radius 3 is 2.50 bits per heavy atom. The van der Waals surface area contributed by atoms with Crippen LogP contribution in [-0.2, 0) is 0 Å². The number of phenolic OH excluding ortho intramolecular Hbond substituents is 1. The van der Waals surface area contributed by atoms with Crippen molar-refractivity contribution in [3.8, 4) is 22.6 Å². The summed E-state index contributed by atoms with van der Waals surface area (Å²) in [6.45, 7) is -2.94. The summed E-state index contributed by atoms with van der Waals surface area (Å²) in [7, 11) is 0. The van der Waals surface area contributed by atoms with E-state index in [1.807, 2.05) is 0 Å². The third-order valence-corrected chi connectivity index (χ3v) is 3.15. The van der Waals surface area contributed by atoms with E-state index in [-0.39, 0.29) is 27.9 Å². The monoisotopic (exact) mass is 304 g/mol. The molecule has 0 aliphatic heterocycles. The van der Waals surface area contributed by atoms with E-state index in [1.165, 1.54) is 36.6 Å². The highest BCUT2D eigenvalue weighted by molar-refractivity contribution is 5.82. The predicted molar refractivity (Wildman–Crippen MR) is 76.2 cm³/mol. The maximum Gasteiger partial charge on any atom is 0.387 e. The zero-order valence-electron chi connectivity index (χ0n) is 11.1. The van der Waals surface area contributed by atoms with E-state index in [2.05, 4.69) is 4.74 Å². The first-order valence-electron chi connectivity index (χ1n) is 6.34. The first kappa shape index (κ1) is 14.1. The first-order valence-corrected chi connectivity index (χ1v) is 6.34. The number of alkyl halides is 2. The van der Waals surface area contributed by atoms with Crippen molar-refractivity contribution in [3.63, 3.8) is 0 Å². The minimum atomic E-state index is -2.94. The van der Waals surface area contributed by atoms with E-state index in [1.54, 1.807) is 12.1 Å². The highest BCUT2D eigenvalue weighted by Crippen LogP contribution is 2.24. The normalized spacial score (nSPS) is 11.0. The van der Waals surface area contributed by atoms with Gasteiger partial charge in [0.25, 0.3) is 0 Å². The number of rotatable bonds is 3. The Bertz CT molecular complexity index is 869. The fourth-order valence-corrected chi connectivity index (χ4v) is 2.13. The molecule has 0 aliphatic rings. The van der Waals surface area contributed by atoms with E-state index in [0.717, 1.165) is 0 Å². The van der Waals surface area contributed by atoms with Crippen LogP contribution in [0.25, 0.3) is 22.1 Å². The molecule has 3 rings (SSSR count). The summed E-state index contributed by atoms with van der Waals surface area (Å²) in [6, 6.07) is 9.98. The average Bonchev–Trinajstić information content (AvgIpc) is 2.48. The lowest BCUT2D eigenvalue weighted by Gasteiger charge is -2.06. The van der Waals surface area contributed by atoms with Crippen molar-refractivity contribution >= 4 is 11.0 Å². The molecule has 1 aromatic heterocycles. The summed E-state index contributed by atoms with van der Waals surface area (Å²) >= 11 is 0. The molecule has 0 fully saturated rings. The highest BCUT2D eigenvalue weighted by atomic mass is 19.3. The number of fused-ring (bicyclic) bond motifs is 1. The molecule has 2 aromatic carbocycles. The van der Waals surface area contributed by atoms with Gasteiger partial charge < -0.3 is 14.3 Å². The number of hydrogen-bond acceptors (Lipinski definition) is 4. The summed E-state index contributed by atoms with van der Waals surface area (Å²) in [5.74, 6) is 0.00532. The molecule has 4 nitrogen and oxygen atoms in total. The molecule has 0 unspecified atom stereocenters. The number of phenols is 1. The van der Waals surface area contributed by atoms with Crippen LogP contribution >= 0.6 is 0 Å². The van der Waals surface area contributed by atoms with Gasteiger partial charge in [-0.15, -0.1) is 0 Å². The first-order chi connectivity index (χ1) is 10.5. The van der Waals surface area contributed by atoms with Gasteiger partial charge in [-0.3, -0.25) is 4.79 Å². The van der Waals surface area contributed by atoms with Crippen molar-refractivity contribution in [1.82, 2.24) is 0 Å². The van der Waals surface area contributed by atoms with Crippen LogP contribution in [0.5, 0.6) is 11.5 Å². The van der Waals surface area contributed by atoms with Gasteiger partial charge in [0.15, 0.2) is 5.43 Å². The summed E-state index contributed by atoms with van der Waals surface area (Å²) in [4.78, 5) is 12.4. The quantitative estimate of drug-likeness (QED) is 0.800. The second-order valence-corrected chi connectivity index (χ2v) is 4.56. The molecule has 1 heterocycles. The van der Waals surface area contributed by atoms with Crippen LogP contribution in [0.1, 0.15) is 0 Å². The van der Waals surface area contributed by atoms with Gasteiger partial charge in [-0.2, -0.15) is 8.78 Å². The molecular weight excluding hydrogens is 294 g/mol. The molecule has 3 aromatic rings. The SMILES string of the molecule is O=c1c(-c2ccc(O)cc2)coc2cc(OC(F)F)ccc12. The summed E-state index contributed by atoms with van der Waals surface area (Å²) < 4.78 is 34.0. The van der Waals surface area contributed by atoms with Crippen molar-refractivity contribution < 1.29 is 23.0 Å². The zero-order valence-corrected chi connectivity index (χ0v) is 11.1. The van der Waals surface area contributed by atoms with E-state index in [4.69, 9.17) is 4.42 Å². The van der Waals surface area contributed by atoms with Gasteiger partial charge in [0.2, 0.25) is 0 Å². The molecule has 112 valence electrons. The lowest BCUT2D eigenvalue weighted by Crippen LogP contribution is -2.06. The van der Waals surface area contributed by atoms with Gasteiger partial charge >= 0.3 is 6.61 Å². The number of benzene rings is 2. The molecule has 1 N–H and O–H groups in total. The molecule has 0 aliphatic carbocycles. The minimum absolute atomic E-state index is 0.0805. The fraction of sp³-hybridized carbons (Fsp3) is 0.0625. The standard InChI is InChI=1S/C16H10F2O4/c17-16(18)22-11-5-6-12-14(7-11)21-8-13(15(12)20)9-1-3-10(19)4-2-9/h1-8,16,19H. The lowest BCUT2D eigenvalue weighted by atomic mass is 10.1. The molecule has 0 radical (unpaired) electrons. The molecule has 0 bridgehead atoms. The molecule has 6 heteroatoms. The maximum atomic E-state index is 12.4. The van der Waals surface area contributed by atoms with Gasteiger partial charge in [0.05, 0.1) is 10.9 Å². The van der Waals surface area contributed by atoms with Crippen molar-refractivity contribution in [3.05, 3.63) is 59.0 Å². The second kappa shape index (κ2) is 5.48. The Kier molecular flexibility index (Phi) is 3.50. The largest absolute Gasteiger partial charge is 0.508 e. The van der Waals surface area contributed by atoms with E-state index >= 15 is 0 Å². The van der Waals surface area contributed by atoms with Gasteiger partial charge in [-0.25, -0.2) is 0 Å². The third kappa shape index (κ3) is 2.63. The number of hydrogen-bond donors (Lipinski definition) is 1. The van der Waals surface area contributed by atoms with Gasteiger partial charge in [0.1, 0.15) is 23.3 Å². The molecule has 0 spiro atoms. The van der Waals surface area contributed by atoms with Crippen molar-refractivity contribution in [1.29, 1.82) is 0 Å². The van der Waals surface area contributed by atoms with Crippen LogP contribution in [0.4, 0.5) is 8.78 Å². The Morgan fingerprint density at radius 2 is 1.82 bits per heavy atom. The van der Waals surface area contributed by atoms with Gasteiger partial charge in [-0.05, 0) is 29.8 Å². The molecular formula is C16H10F2O4. The molecule has 0 saturated heterocycles. The van der Waals surface area contributed by atoms with Crippen LogP contribution in [0, 0.1) is 0 Å². The zero-order chi connectivity index (χ0) is 15.7. The lowest BCUT2D eigenvalue weighted by molar-refractivity contribution is -0.0497.